The van der Waals surface area contributed by atoms with Gasteiger partial charge in [0.05, 0.1) is 24.3 Å². The molecule has 0 aliphatic carbocycles. The Hall–Kier alpha value is -3.62. The highest BCUT2D eigenvalue weighted by Gasteiger charge is 2.17. The molecule has 0 atom stereocenters. The molecule has 4 aromatic rings. The summed E-state index contributed by atoms with van der Waals surface area (Å²) in [6.45, 7) is 13.3. The Bertz CT molecular complexity index is 1540. The Labute approximate surface area is 276 Å². The number of halogens is 2. The van der Waals surface area contributed by atoms with E-state index >= 15 is 0 Å². The lowest BCUT2D eigenvalue weighted by Crippen LogP contribution is -2.16. The smallest absolute Gasteiger partial charge is 0.259 e. The fourth-order valence-corrected chi connectivity index (χ4v) is 5.19. The number of nitrogens with one attached hydrogen (secondary N) is 2. The molecule has 44 heavy (non-hydrogen) atoms. The van der Waals surface area contributed by atoms with Gasteiger partial charge >= 0.3 is 0 Å². The normalized spacial score (nSPS) is 11.0. The summed E-state index contributed by atoms with van der Waals surface area (Å²) in [5.41, 5.74) is 6.24. The van der Waals surface area contributed by atoms with Gasteiger partial charge in [0.1, 0.15) is 11.5 Å². The van der Waals surface area contributed by atoms with Gasteiger partial charge in [-0.1, -0.05) is 71.7 Å². The number of hydrogen-bond acceptors (Lipinski definition) is 4. The molecule has 4 aromatic carbocycles. The first-order valence-electron chi connectivity index (χ1n) is 14.6. The number of hydrogen-bond donors (Lipinski definition) is 2. The Balaban J connectivity index is 1.49. The van der Waals surface area contributed by atoms with Crippen LogP contribution in [0.15, 0.2) is 81.7 Å². The molecular weight excluding hydrogens is 684 g/mol. The summed E-state index contributed by atoms with van der Waals surface area (Å²) < 4.78 is 13.4. The molecule has 0 radical (unpaired) electrons. The van der Waals surface area contributed by atoms with Crippen molar-refractivity contribution in [2.75, 3.05) is 23.8 Å². The van der Waals surface area contributed by atoms with Crippen LogP contribution in [-0.2, 0) is 0 Å². The molecule has 0 fully saturated rings. The van der Waals surface area contributed by atoms with Gasteiger partial charge in [-0.15, -0.1) is 0 Å². The minimum atomic E-state index is -0.236. The third kappa shape index (κ3) is 8.73. The molecule has 4 rings (SSSR count). The van der Waals surface area contributed by atoms with Crippen molar-refractivity contribution < 1.29 is 19.1 Å². The van der Waals surface area contributed by atoms with E-state index in [2.05, 4.69) is 70.2 Å². The molecule has 2 amide bonds. The monoisotopic (exact) mass is 720 g/mol. The van der Waals surface area contributed by atoms with Crippen molar-refractivity contribution in [3.63, 3.8) is 0 Å². The van der Waals surface area contributed by atoms with Gasteiger partial charge < -0.3 is 20.1 Å². The number of carbonyl (C=O) groups is 2. The van der Waals surface area contributed by atoms with Crippen molar-refractivity contribution in [3.05, 3.63) is 104 Å². The van der Waals surface area contributed by atoms with Crippen LogP contribution in [0.4, 0.5) is 11.4 Å². The summed E-state index contributed by atoms with van der Waals surface area (Å²) in [7, 11) is 0. The summed E-state index contributed by atoms with van der Waals surface area (Å²) in [4.78, 5) is 26.5. The average molecular weight is 723 g/mol. The van der Waals surface area contributed by atoms with Gasteiger partial charge in [0.2, 0.25) is 0 Å². The van der Waals surface area contributed by atoms with E-state index in [-0.39, 0.29) is 11.8 Å². The van der Waals surface area contributed by atoms with E-state index < -0.39 is 0 Å². The molecule has 0 saturated heterocycles. The van der Waals surface area contributed by atoms with Gasteiger partial charge in [-0.05, 0) is 109 Å². The molecule has 0 heterocycles. The Morgan fingerprint density at radius 3 is 1.34 bits per heavy atom. The van der Waals surface area contributed by atoms with Gasteiger partial charge in [-0.25, -0.2) is 0 Å². The molecule has 6 nitrogen and oxygen atoms in total. The first kappa shape index (κ1) is 33.3. The number of anilines is 2. The van der Waals surface area contributed by atoms with Gasteiger partial charge in [0.25, 0.3) is 11.8 Å². The number of amides is 2. The maximum absolute atomic E-state index is 13.3. The SMILES string of the molecule is Cc1cc(-c2ccc(NC(=O)c3cc(Br)ccc3OCC(C)C)c(C)c2)ccc1NC(=O)c1cc(Br)ccc1OCC(C)C. The second kappa shape index (κ2) is 14.9. The third-order valence-corrected chi connectivity index (χ3v) is 7.79. The van der Waals surface area contributed by atoms with Crippen LogP contribution < -0.4 is 20.1 Å². The van der Waals surface area contributed by atoms with Crippen LogP contribution in [0.25, 0.3) is 11.1 Å². The average Bonchev–Trinajstić information content (AvgIpc) is 2.97. The van der Waals surface area contributed by atoms with Crippen molar-refractivity contribution in [3.8, 4) is 22.6 Å². The minimum Gasteiger partial charge on any atom is -0.492 e. The largest absolute Gasteiger partial charge is 0.492 e. The molecule has 8 heteroatoms. The topological polar surface area (TPSA) is 76.7 Å². The summed E-state index contributed by atoms with van der Waals surface area (Å²) in [6, 6.07) is 22.8. The van der Waals surface area contributed by atoms with E-state index in [0.29, 0.717) is 47.7 Å². The molecule has 2 N–H and O–H groups in total. The Morgan fingerprint density at radius 1 is 0.614 bits per heavy atom. The molecule has 0 spiro atoms. The van der Waals surface area contributed by atoms with Crippen molar-refractivity contribution >= 4 is 55.0 Å². The first-order valence-corrected chi connectivity index (χ1v) is 16.2. The molecule has 0 saturated carbocycles. The van der Waals surface area contributed by atoms with Crippen LogP contribution in [0.1, 0.15) is 59.5 Å². The highest BCUT2D eigenvalue weighted by Crippen LogP contribution is 2.31. The van der Waals surface area contributed by atoms with E-state index in [9.17, 15) is 9.59 Å². The predicted octanol–water partition coefficient (Wildman–Crippen LogP) is 10.1. The Kier molecular flexibility index (Phi) is 11.3. The quantitative estimate of drug-likeness (QED) is 0.162. The third-order valence-electron chi connectivity index (χ3n) is 6.80. The van der Waals surface area contributed by atoms with E-state index in [1.54, 1.807) is 12.1 Å². The van der Waals surface area contributed by atoms with Gasteiger partial charge in [0, 0.05) is 20.3 Å². The number of benzene rings is 4. The molecule has 0 aliphatic heterocycles. The second-order valence-corrected chi connectivity index (χ2v) is 13.5. The molecule has 0 aromatic heterocycles. The van der Waals surface area contributed by atoms with Crippen molar-refractivity contribution in [2.24, 2.45) is 11.8 Å². The fraction of sp³-hybridized carbons (Fsp3) is 0.278. The van der Waals surface area contributed by atoms with Gasteiger partial charge in [-0.3, -0.25) is 9.59 Å². The lowest BCUT2D eigenvalue weighted by atomic mass is 9.99. The number of rotatable bonds is 11. The van der Waals surface area contributed by atoms with Gasteiger partial charge in [0.15, 0.2) is 0 Å². The molecular formula is C36H38Br2N2O4. The van der Waals surface area contributed by atoms with Crippen molar-refractivity contribution in [1.29, 1.82) is 0 Å². The van der Waals surface area contributed by atoms with Crippen LogP contribution in [0.2, 0.25) is 0 Å². The maximum Gasteiger partial charge on any atom is 0.259 e. The summed E-state index contributed by atoms with van der Waals surface area (Å²) in [5, 5.41) is 6.08. The van der Waals surface area contributed by atoms with E-state index in [1.165, 1.54) is 0 Å². The number of ether oxygens (including phenoxy) is 2. The van der Waals surface area contributed by atoms with E-state index in [4.69, 9.17) is 9.47 Å². The minimum absolute atomic E-state index is 0.236. The van der Waals surface area contributed by atoms with Crippen LogP contribution in [0.3, 0.4) is 0 Å². The zero-order valence-corrected chi connectivity index (χ0v) is 29.1. The van der Waals surface area contributed by atoms with Crippen LogP contribution in [-0.4, -0.2) is 25.0 Å². The molecule has 230 valence electrons. The second-order valence-electron chi connectivity index (χ2n) is 11.7. The first-order chi connectivity index (χ1) is 20.9. The fourth-order valence-electron chi connectivity index (χ4n) is 4.47. The molecule has 0 unspecified atom stereocenters. The van der Waals surface area contributed by atoms with Crippen LogP contribution in [0, 0.1) is 25.7 Å². The van der Waals surface area contributed by atoms with Gasteiger partial charge in [-0.2, -0.15) is 0 Å². The predicted molar refractivity (Wildman–Crippen MR) is 186 cm³/mol. The van der Waals surface area contributed by atoms with Crippen molar-refractivity contribution in [1.82, 2.24) is 0 Å². The highest BCUT2D eigenvalue weighted by atomic mass is 79.9. The van der Waals surface area contributed by atoms with Crippen LogP contribution in [0.5, 0.6) is 11.5 Å². The summed E-state index contributed by atoms with van der Waals surface area (Å²) >= 11 is 6.93. The number of aryl methyl sites for hydroxylation is 2. The zero-order valence-electron chi connectivity index (χ0n) is 25.9. The van der Waals surface area contributed by atoms with E-state index in [0.717, 1.165) is 42.6 Å². The lowest BCUT2D eigenvalue weighted by Gasteiger charge is -2.16. The summed E-state index contributed by atoms with van der Waals surface area (Å²) in [6.07, 6.45) is 0. The Morgan fingerprint density at radius 2 is 1.00 bits per heavy atom. The maximum atomic E-state index is 13.3. The standard InChI is InChI=1S/C36H38Br2N2O4/c1-21(2)19-43-33-13-9-27(37)17-29(33)35(41)39-31-11-7-25(15-23(31)5)26-8-12-32(24(6)16-26)40-36(42)30-18-28(38)10-14-34(30)44-20-22(3)4/h7-18,21-22H,19-20H2,1-6H3,(H,39,41)(H,40,42). The molecule has 0 bridgehead atoms. The lowest BCUT2D eigenvalue weighted by molar-refractivity contribution is 0.101. The van der Waals surface area contributed by atoms with Crippen LogP contribution >= 0.6 is 31.9 Å². The summed E-state index contributed by atoms with van der Waals surface area (Å²) in [5.74, 6) is 1.31. The van der Waals surface area contributed by atoms with Crippen molar-refractivity contribution in [2.45, 2.75) is 41.5 Å². The van der Waals surface area contributed by atoms with E-state index in [1.807, 2.05) is 74.5 Å². The number of carbonyl (C=O) groups excluding carboxylic acids is 2. The zero-order chi connectivity index (χ0) is 32.0. The molecule has 0 aliphatic rings. The highest BCUT2D eigenvalue weighted by molar-refractivity contribution is 9.10.